The molecule has 0 aliphatic carbocycles. The van der Waals surface area contributed by atoms with Gasteiger partial charge < -0.3 is 15.7 Å². The van der Waals surface area contributed by atoms with Gasteiger partial charge >= 0.3 is 0 Å². The third kappa shape index (κ3) is 5.09. The Morgan fingerprint density at radius 2 is 1.66 bits per heavy atom. The number of anilines is 2. The normalized spacial score (nSPS) is 12.1. The molecule has 0 aliphatic rings. The summed E-state index contributed by atoms with van der Waals surface area (Å²) < 4.78 is 26.1. The van der Waals surface area contributed by atoms with Crippen LogP contribution in [0.25, 0.3) is 0 Å². The fourth-order valence-electron chi connectivity index (χ4n) is 3.02. The summed E-state index contributed by atoms with van der Waals surface area (Å²) in [7, 11) is -4.09. The van der Waals surface area contributed by atoms with Crippen LogP contribution in [0.1, 0.15) is 22.8 Å². The summed E-state index contributed by atoms with van der Waals surface area (Å²) >= 11 is 6.27. The van der Waals surface area contributed by atoms with Gasteiger partial charge in [0.15, 0.2) is 11.2 Å². The smallest absolute Gasteiger partial charge is 0.255 e. The molecule has 166 valence electrons. The van der Waals surface area contributed by atoms with E-state index in [0.717, 1.165) is 18.6 Å². The number of ketones is 1. The number of hydrogen-bond acceptors (Lipinski definition) is 6. The summed E-state index contributed by atoms with van der Waals surface area (Å²) in [5, 5.41) is 13.9. The molecule has 0 radical (unpaired) electrons. The predicted molar refractivity (Wildman–Crippen MR) is 124 cm³/mol. The maximum Gasteiger partial charge on any atom is 0.255 e. The molecule has 3 aromatic carbocycles. The van der Waals surface area contributed by atoms with Gasteiger partial charge in [0.25, 0.3) is 5.91 Å². The molecule has 32 heavy (non-hydrogen) atoms. The molecule has 0 saturated carbocycles. The molecule has 0 aromatic heterocycles. The second kappa shape index (κ2) is 9.42. The molecule has 0 spiro atoms. The van der Waals surface area contributed by atoms with Crippen molar-refractivity contribution in [2.75, 3.05) is 10.6 Å². The number of nitrogens with one attached hydrogen (secondary N) is 2. The lowest BCUT2D eigenvalue weighted by atomic mass is 10.2. The van der Waals surface area contributed by atoms with Gasteiger partial charge in [0.2, 0.25) is 9.84 Å². The molecule has 0 fully saturated rings. The van der Waals surface area contributed by atoms with E-state index in [1.165, 1.54) is 18.2 Å². The average molecular weight is 473 g/mol. The predicted octanol–water partition coefficient (Wildman–Crippen LogP) is 4.41. The maximum atomic E-state index is 13.1. The summed E-state index contributed by atoms with van der Waals surface area (Å²) in [6.07, 6.45) is 0. The molecule has 9 heteroatoms. The van der Waals surface area contributed by atoms with E-state index in [1.807, 2.05) is 0 Å². The van der Waals surface area contributed by atoms with Crippen molar-refractivity contribution < 1.29 is 23.1 Å². The molecule has 3 aromatic rings. The van der Waals surface area contributed by atoms with E-state index < -0.39 is 26.9 Å². The number of amides is 1. The monoisotopic (exact) mass is 472 g/mol. The van der Waals surface area contributed by atoms with Gasteiger partial charge in [-0.1, -0.05) is 41.9 Å². The van der Waals surface area contributed by atoms with Gasteiger partial charge in [0.1, 0.15) is 5.75 Å². The average Bonchev–Trinajstić information content (AvgIpc) is 2.75. The molecule has 1 atom stereocenters. The van der Waals surface area contributed by atoms with Gasteiger partial charge in [-0.05, 0) is 49.7 Å². The lowest BCUT2D eigenvalue weighted by Crippen LogP contribution is -2.36. The number of phenolic OH excluding ortho intramolecular Hbond substituents is 1. The van der Waals surface area contributed by atoms with Gasteiger partial charge in [-0.25, -0.2) is 8.42 Å². The van der Waals surface area contributed by atoms with Crippen LogP contribution in [0.2, 0.25) is 5.02 Å². The largest absolute Gasteiger partial charge is 0.506 e. The highest BCUT2D eigenvalue weighted by Gasteiger charge is 2.32. The summed E-state index contributed by atoms with van der Waals surface area (Å²) in [4.78, 5) is 24.5. The van der Waals surface area contributed by atoms with Crippen LogP contribution in [0.5, 0.6) is 5.75 Å². The Balaban J connectivity index is 1.89. The summed E-state index contributed by atoms with van der Waals surface area (Å²) in [5.41, 5.74) is 1.17. The SMILES string of the molecule is CC(=O)C(Nc1cc(O)c(NC(=O)c2ccccc2)cc1Cl)S(=O)(=O)c1cccc(C)c1. The van der Waals surface area contributed by atoms with Crippen LogP contribution in [0, 0.1) is 6.92 Å². The fraction of sp³-hybridized carbons (Fsp3) is 0.130. The topological polar surface area (TPSA) is 113 Å². The van der Waals surface area contributed by atoms with E-state index in [0.29, 0.717) is 5.56 Å². The van der Waals surface area contributed by atoms with Crippen molar-refractivity contribution in [3.8, 4) is 5.75 Å². The molecule has 0 heterocycles. The molecule has 7 nitrogen and oxygen atoms in total. The molecule has 1 amide bonds. The number of benzene rings is 3. The zero-order chi connectivity index (χ0) is 23.5. The molecule has 0 bridgehead atoms. The number of sulfone groups is 1. The summed E-state index contributed by atoms with van der Waals surface area (Å²) in [6.45, 7) is 2.89. The van der Waals surface area contributed by atoms with Crippen molar-refractivity contribution in [3.05, 3.63) is 82.9 Å². The van der Waals surface area contributed by atoms with Crippen LogP contribution in [-0.2, 0) is 14.6 Å². The lowest BCUT2D eigenvalue weighted by molar-refractivity contribution is -0.116. The number of carbonyl (C=O) groups is 2. The second-order valence-electron chi connectivity index (χ2n) is 7.17. The maximum absolute atomic E-state index is 13.1. The first-order valence-electron chi connectivity index (χ1n) is 9.56. The zero-order valence-corrected chi connectivity index (χ0v) is 18.9. The lowest BCUT2D eigenvalue weighted by Gasteiger charge is -2.20. The zero-order valence-electron chi connectivity index (χ0n) is 17.3. The van der Waals surface area contributed by atoms with Crippen LogP contribution < -0.4 is 10.6 Å². The Morgan fingerprint density at radius 1 is 0.969 bits per heavy atom. The number of phenols is 1. The Morgan fingerprint density at radius 3 is 2.28 bits per heavy atom. The van der Waals surface area contributed by atoms with Crippen molar-refractivity contribution in [2.45, 2.75) is 24.1 Å². The van der Waals surface area contributed by atoms with Crippen molar-refractivity contribution in [2.24, 2.45) is 0 Å². The second-order valence-corrected chi connectivity index (χ2v) is 9.61. The minimum Gasteiger partial charge on any atom is -0.506 e. The number of aromatic hydroxyl groups is 1. The fourth-order valence-corrected chi connectivity index (χ4v) is 4.85. The van der Waals surface area contributed by atoms with Crippen LogP contribution >= 0.6 is 11.6 Å². The third-order valence-corrected chi connectivity index (χ3v) is 6.95. The molecule has 0 saturated heterocycles. The highest BCUT2D eigenvalue weighted by molar-refractivity contribution is 7.93. The van der Waals surface area contributed by atoms with E-state index >= 15 is 0 Å². The van der Waals surface area contributed by atoms with Crippen LogP contribution in [0.4, 0.5) is 11.4 Å². The van der Waals surface area contributed by atoms with Gasteiger partial charge in [0.05, 0.1) is 21.3 Å². The van der Waals surface area contributed by atoms with Crippen LogP contribution in [-0.4, -0.2) is 30.6 Å². The minimum absolute atomic E-state index is 0.0110. The van der Waals surface area contributed by atoms with Crippen molar-refractivity contribution in [3.63, 3.8) is 0 Å². The van der Waals surface area contributed by atoms with Crippen LogP contribution in [0.3, 0.4) is 0 Å². The third-order valence-electron chi connectivity index (χ3n) is 4.65. The Bertz CT molecular complexity index is 1280. The van der Waals surface area contributed by atoms with E-state index in [2.05, 4.69) is 10.6 Å². The molecule has 3 N–H and O–H groups in total. The number of carbonyl (C=O) groups excluding carboxylic acids is 2. The van der Waals surface area contributed by atoms with E-state index in [-0.39, 0.29) is 27.0 Å². The van der Waals surface area contributed by atoms with E-state index in [4.69, 9.17) is 11.6 Å². The first-order chi connectivity index (χ1) is 15.1. The minimum atomic E-state index is -4.09. The molecule has 3 rings (SSSR count). The summed E-state index contributed by atoms with van der Waals surface area (Å²) in [6, 6.07) is 17.0. The van der Waals surface area contributed by atoms with Crippen LogP contribution in [0.15, 0.2) is 71.6 Å². The standard InChI is InChI=1S/C23H21ClN2O5S/c1-14-7-6-10-17(11-14)32(30,31)23(15(2)27)26-19-13-21(28)20(12-18(19)24)25-22(29)16-8-4-3-5-9-16/h3-13,23,26,28H,1-2H3,(H,25,29). The number of aryl methyl sites for hydroxylation is 1. The van der Waals surface area contributed by atoms with E-state index in [1.54, 1.807) is 49.4 Å². The Kier molecular flexibility index (Phi) is 6.86. The van der Waals surface area contributed by atoms with E-state index in [9.17, 15) is 23.1 Å². The van der Waals surface area contributed by atoms with Gasteiger partial charge in [-0.3, -0.25) is 9.59 Å². The number of hydrogen-bond donors (Lipinski definition) is 3. The summed E-state index contributed by atoms with van der Waals surface area (Å²) in [5.74, 6) is -1.46. The van der Waals surface area contributed by atoms with Gasteiger partial charge in [-0.2, -0.15) is 0 Å². The van der Waals surface area contributed by atoms with Gasteiger partial charge in [-0.15, -0.1) is 0 Å². The highest BCUT2D eigenvalue weighted by Crippen LogP contribution is 2.35. The first-order valence-corrected chi connectivity index (χ1v) is 11.5. The number of rotatable bonds is 7. The van der Waals surface area contributed by atoms with Crippen molar-refractivity contribution >= 4 is 44.5 Å². The highest BCUT2D eigenvalue weighted by atomic mass is 35.5. The Labute approximate surface area is 191 Å². The first kappa shape index (κ1) is 23.3. The number of halogens is 1. The molecule has 0 aliphatic heterocycles. The van der Waals surface area contributed by atoms with Gasteiger partial charge in [0, 0.05) is 11.6 Å². The molecular weight excluding hydrogens is 452 g/mol. The van der Waals surface area contributed by atoms with Crippen molar-refractivity contribution in [1.82, 2.24) is 0 Å². The molecular formula is C23H21ClN2O5S. The Hall–Kier alpha value is -3.36. The quantitative estimate of drug-likeness (QED) is 0.439. The van der Waals surface area contributed by atoms with Crippen molar-refractivity contribution in [1.29, 1.82) is 0 Å². The molecule has 1 unspecified atom stereocenters. The number of Topliss-reactive ketones (excluding diaryl/α,β-unsaturated/α-hetero) is 1.